The van der Waals surface area contributed by atoms with Gasteiger partial charge in [-0.05, 0) is 58.7 Å². The summed E-state index contributed by atoms with van der Waals surface area (Å²) in [7, 11) is 0. The maximum Gasteiger partial charge on any atom is 0.408 e. The highest BCUT2D eigenvalue weighted by atomic mass is 16.6. The second kappa shape index (κ2) is 11.8. The lowest BCUT2D eigenvalue weighted by Gasteiger charge is -2.30. The number of aromatic hydroxyl groups is 1. The quantitative estimate of drug-likeness (QED) is 0.324. The van der Waals surface area contributed by atoms with E-state index < -0.39 is 41.5 Å². The number of terminal acetylenes is 1. The molecule has 10 nitrogen and oxygen atoms in total. The molecule has 0 aliphatic rings. The van der Waals surface area contributed by atoms with E-state index in [0.29, 0.717) is 5.56 Å². The zero-order valence-corrected chi connectivity index (χ0v) is 19.5. The molecule has 180 valence electrons. The molecule has 0 spiro atoms. The summed E-state index contributed by atoms with van der Waals surface area (Å²) in [5.74, 6) is -2.08. The molecule has 0 fully saturated rings. The van der Waals surface area contributed by atoms with Crippen LogP contribution in [0, 0.1) is 12.5 Å². The van der Waals surface area contributed by atoms with Crippen molar-refractivity contribution in [3.05, 3.63) is 29.8 Å². The Hall–Kier alpha value is -3.74. The molecule has 0 heterocycles. The predicted octanol–water partition coefficient (Wildman–Crippen LogP) is 1.54. The molecule has 33 heavy (non-hydrogen) atoms. The molecule has 0 saturated heterocycles. The number of hydrogen-bond acceptors (Lipinski definition) is 6. The monoisotopic (exact) mass is 460 g/mol. The van der Waals surface area contributed by atoms with Crippen LogP contribution in [-0.4, -0.2) is 51.5 Å². The van der Waals surface area contributed by atoms with Gasteiger partial charge in [-0.1, -0.05) is 18.6 Å². The molecular weight excluding hydrogens is 428 g/mol. The Morgan fingerprint density at radius 1 is 1.15 bits per heavy atom. The third-order valence-corrected chi connectivity index (χ3v) is 4.19. The average Bonchev–Trinajstić information content (AvgIpc) is 2.67. The molecule has 2 atom stereocenters. The van der Waals surface area contributed by atoms with Gasteiger partial charge in [0.15, 0.2) is 0 Å². The normalized spacial score (nSPS) is 12.8. The van der Waals surface area contributed by atoms with E-state index in [-0.39, 0.29) is 24.6 Å². The fraction of sp³-hybridized carbons (Fsp3) is 0.478. The van der Waals surface area contributed by atoms with Gasteiger partial charge < -0.3 is 26.2 Å². The number of carbonyl (C=O) groups is 4. The van der Waals surface area contributed by atoms with Gasteiger partial charge in [0, 0.05) is 18.5 Å². The molecule has 0 radical (unpaired) electrons. The third kappa shape index (κ3) is 9.11. The Bertz CT molecular complexity index is 899. The minimum absolute atomic E-state index is 0.0359. The number of nitrogens with two attached hydrogens (primary N) is 1. The maximum atomic E-state index is 13.4. The molecule has 1 rings (SSSR count). The van der Waals surface area contributed by atoms with Gasteiger partial charge in [-0.15, -0.1) is 0 Å². The van der Waals surface area contributed by atoms with Crippen LogP contribution in [0.2, 0.25) is 0 Å². The van der Waals surface area contributed by atoms with Gasteiger partial charge in [-0.2, -0.15) is 0 Å². The van der Waals surface area contributed by atoms with Crippen LogP contribution < -0.4 is 16.4 Å². The lowest BCUT2D eigenvalue weighted by atomic mass is 10.0. The van der Waals surface area contributed by atoms with Gasteiger partial charge in [0.05, 0.1) is 0 Å². The van der Waals surface area contributed by atoms with E-state index in [2.05, 4.69) is 16.7 Å². The van der Waals surface area contributed by atoms with Crippen molar-refractivity contribution >= 4 is 23.8 Å². The van der Waals surface area contributed by atoms with Gasteiger partial charge in [-0.25, -0.2) is 4.79 Å². The number of benzene rings is 1. The molecule has 0 bridgehead atoms. The van der Waals surface area contributed by atoms with Crippen LogP contribution in [0.25, 0.3) is 0 Å². The Morgan fingerprint density at radius 2 is 1.73 bits per heavy atom. The summed E-state index contributed by atoms with van der Waals surface area (Å²) in [4.78, 5) is 50.9. The van der Waals surface area contributed by atoms with Crippen LogP contribution in [0.15, 0.2) is 24.3 Å². The van der Waals surface area contributed by atoms with Gasteiger partial charge >= 0.3 is 6.09 Å². The minimum atomic E-state index is -1.28. The number of ether oxygens (including phenoxy) is 1. The largest absolute Gasteiger partial charge is 0.508 e. The zero-order valence-electron chi connectivity index (χ0n) is 19.5. The summed E-state index contributed by atoms with van der Waals surface area (Å²) in [5.41, 5.74) is 4.72. The lowest BCUT2D eigenvalue weighted by Crippen LogP contribution is -2.52. The first-order valence-corrected chi connectivity index (χ1v) is 10.4. The molecule has 4 amide bonds. The number of carbonyl (C=O) groups excluding carboxylic acids is 4. The topological polar surface area (TPSA) is 151 Å². The first-order valence-electron chi connectivity index (χ1n) is 10.4. The SMILES string of the molecule is C#CN(C(=O)C(CCC(N)=O)NC(=O)OC(C)(C)C)C(C(=O)NC(C)C)c1ccc(O)cc1. The summed E-state index contributed by atoms with van der Waals surface area (Å²) < 4.78 is 5.20. The molecule has 10 heteroatoms. The molecule has 0 saturated carbocycles. The van der Waals surface area contributed by atoms with Gasteiger partial charge in [0.1, 0.15) is 23.4 Å². The summed E-state index contributed by atoms with van der Waals surface area (Å²) in [6.07, 6.45) is 4.36. The zero-order chi connectivity index (χ0) is 25.3. The summed E-state index contributed by atoms with van der Waals surface area (Å²) >= 11 is 0. The number of alkyl carbamates (subject to hydrolysis) is 1. The Labute approximate surface area is 193 Å². The van der Waals surface area contributed by atoms with E-state index in [1.165, 1.54) is 24.3 Å². The number of amides is 4. The number of phenols is 1. The number of rotatable bonds is 9. The van der Waals surface area contributed by atoms with E-state index in [1.807, 2.05) is 0 Å². The van der Waals surface area contributed by atoms with E-state index >= 15 is 0 Å². The van der Waals surface area contributed by atoms with Crippen molar-refractivity contribution in [3.8, 4) is 18.2 Å². The molecule has 2 unspecified atom stereocenters. The number of primary amides is 1. The second-order valence-electron chi connectivity index (χ2n) is 8.70. The van der Waals surface area contributed by atoms with Crippen molar-refractivity contribution in [2.45, 2.75) is 71.2 Å². The molecule has 0 aromatic heterocycles. The third-order valence-electron chi connectivity index (χ3n) is 4.19. The van der Waals surface area contributed by atoms with Crippen LogP contribution in [0.5, 0.6) is 5.75 Å². The fourth-order valence-electron chi connectivity index (χ4n) is 2.86. The molecular formula is C23H32N4O6. The Kier molecular flexibility index (Phi) is 9.73. The maximum absolute atomic E-state index is 13.4. The van der Waals surface area contributed by atoms with Crippen LogP contribution in [0.4, 0.5) is 4.79 Å². The van der Waals surface area contributed by atoms with Crippen molar-refractivity contribution < 1.29 is 29.0 Å². The highest BCUT2D eigenvalue weighted by Gasteiger charge is 2.36. The fourth-order valence-corrected chi connectivity index (χ4v) is 2.86. The van der Waals surface area contributed by atoms with Gasteiger partial charge in [0.25, 0.3) is 5.91 Å². The summed E-state index contributed by atoms with van der Waals surface area (Å²) in [6, 6.07) is 5.03. The average molecular weight is 461 g/mol. The predicted molar refractivity (Wildman–Crippen MR) is 121 cm³/mol. The summed E-state index contributed by atoms with van der Waals surface area (Å²) in [6.45, 7) is 8.44. The Morgan fingerprint density at radius 3 is 2.18 bits per heavy atom. The first-order chi connectivity index (χ1) is 15.2. The molecule has 1 aromatic rings. The highest BCUT2D eigenvalue weighted by Crippen LogP contribution is 2.24. The van der Waals surface area contributed by atoms with Crippen LogP contribution in [-0.2, 0) is 19.1 Å². The van der Waals surface area contributed by atoms with Crippen LogP contribution in [0.3, 0.4) is 0 Å². The number of hydrogen-bond donors (Lipinski definition) is 4. The van der Waals surface area contributed by atoms with E-state index in [4.69, 9.17) is 16.9 Å². The minimum Gasteiger partial charge on any atom is -0.508 e. The lowest BCUT2D eigenvalue weighted by molar-refractivity contribution is -0.139. The Balaban J connectivity index is 3.34. The number of nitrogens with one attached hydrogen (secondary N) is 2. The van der Waals surface area contributed by atoms with Crippen molar-refractivity contribution in [1.82, 2.24) is 15.5 Å². The van der Waals surface area contributed by atoms with Crippen molar-refractivity contribution in [1.29, 1.82) is 0 Å². The molecule has 0 aliphatic carbocycles. The molecule has 0 aliphatic heterocycles. The van der Waals surface area contributed by atoms with Crippen LogP contribution in [0.1, 0.15) is 59.1 Å². The number of nitrogens with zero attached hydrogens (tertiary/aromatic N) is 1. The summed E-state index contributed by atoms with van der Waals surface area (Å²) in [5, 5.41) is 14.7. The van der Waals surface area contributed by atoms with Crippen molar-refractivity contribution in [2.24, 2.45) is 5.73 Å². The van der Waals surface area contributed by atoms with Crippen molar-refractivity contribution in [2.75, 3.05) is 0 Å². The van der Waals surface area contributed by atoms with Gasteiger partial charge in [0.2, 0.25) is 11.8 Å². The van der Waals surface area contributed by atoms with E-state index in [0.717, 1.165) is 4.90 Å². The smallest absolute Gasteiger partial charge is 0.408 e. The van der Waals surface area contributed by atoms with E-state index in [1.54, 1.807) is 34.6 Å². The second-order valence-corrected chi connectivity index (χ2v) is 8.70. The van der Waals surface area contributed by atoms with Crippen molar-refractivity contribution in [3.63, 3.8) is 0 Å². The molecule has 5 N–H and O–H groups in total. The van der Waals surface area contributed by atoms with Crippen LogP contribution >= 0.6 is 0 Å². The number of phenolic OH excluding ortho intramolecular Hbond substituents is 1. The first kappa shape index (κ1) is 27.3. The molecule has 1 aromatic carbocycles. The standard InChI is InChI=1S/C23H32N4O6/c1-7-27(19(20(30)25-14(2)3)15-8-10-16(28)11-9-15)21(31)17(12-13-18(24)29)26-22(32)33-23(4,5)6/h1,8-11,14,17,19,28H,12-13H2,2-6H3,(H2,24,29)(H,25,30)(H,26,32). The highest BCUT2D eigenvalue weighted by molar-refractivity contribution is 5.93. The van der Waals surface area contributed by atoms with Gasteiger partial charge in [-0.3, -0.25) is 19.3 Å². The van der Waals surface area contributed by atoms with E-state index in [9.17, 15) is 24.3 Å².